The highest BCUT2D eigenvalue weighted by Gasteiger charge is 2.43. The average Bonchev–Trinajstić information content (AvgIpc) is 2.14. The monoisotopic (exact) mass is 204 g/mol. The van der Waals surface area contributed by atoms with Gasteiger partial charge in [-0.05, 0) is 25.7 Å². The van der Waals surface area contributed by atoms with Crippen molar-refractivity contribution in [3.63, 3.8) is 0 Å². The molecular weight excluding hydrogens is 188 g/mol. The molecule has 0 saturated carbocycles. The van der Waals surface area contributed by atoms with E-state index in [1.165, 1.54) is 11.9 Å². The molecule has 0 aliphatic carbocycles. The van der Waals surface area contributed by atoms with E-state index in [9.17, 15) is 9.59 Å². The number of carbonyl (C=O) groups excluding carboxylic acids is 2. The van der Waals surface area contributed by atoms with Gasteiger partial charge < -0.3 is 0 Å². The van der Waals surface area contributed by atoms with Crippen LogP contribution in [0.2, 0.25) is 0 Å². The van der Waals surface area contributed by atoms with Gasteiger partial charge in [-0.2, -0.15) is 10.2 Å². The third-order valence-corrected chi connectivity index (χ3v) is 3.76. The second kappa shape index (κ2) is 2.90. The zero-order chi connectivity index (χ0) is 10.4. The molecule has 1 unspecified atom stereocenters. The van der Waals surface area contributed by atoms with Crippen LogP contribution < -0.4 is 0 Å². The Kier molecular flexibility index (Phi) is 2.32. The van der Waals surface area contributed by atoms with E-state index in [1.54, 1.807) is 11.2 Å². The van der Waals surface area contributed by atoms with E-state index in [1.807, 2.05) is 18.8 Å². The van der Waals surface area contributed by atoms with Crippen molar-refractivity contribution in [1.82, 2.24) is 9.21 Å². The van der Waals surface area contributed by atoms with Gasteiger partial charge >= 0.3 is 6.03 Å². The highest BCUT2D eigenvalue weighted by Crippen LogP contribution is 2.44. The number of hydrogen-bond acceptors (Lipinski definition) is 2. The first-order valence-corrected chi connectivity index (χ1v) is 6.87. The molecule has 3 amide bonds. The molecule has 0 radical (unpaired) electrons. The Labute approximate surface area is 80.3 Å². The van der Waals surface area contributed by atoms with Crippen LogP contribution in [0.15, 0.2) is 0 Å². The Morgan fingerprint density at radius 2 is 1.69 bits per heavy atom. The summed E-state index contributed by atoms with van der Waals surface area (Å²) < 4.78 is 1.69. The van der Waals surface area contributed by atoms with Crippen molar-refractivity contribution in [2.24, 2.45) is 0 Å². The molecule has 1 aliphatic heterocycles. The fourth-order valence-corrected chi connectivity index (χ4v) is 3.13. The molecule has 76 valence electrons. The number of imide groups is 1. The number of amides is 3. The summed E-state index contributed by atoms with van der Waals surface area (Å²) in [5, 5.41) is 0. The zero-order valence-corrected chi connectivity index (χ0v) is 9.51. The minimum Gasteiger partial charge on any atom is -0.275 e. The van der Waals surface area contributed by atoms with E-state index >= 15 is 0 Å². The largest absolute Gasteiger partial charge is 0.335 e. The molecule has 0 aromatic heterocycles. The zero-order valence-electron chi connectivity index (χ0n) is 8.70. The Bertz CT molecular complexity index is 259. The van der Waals surface area contributed by atoms with Crippen LogP contribution in [-0.4, -0.2) is 53.0 Å². The van der Waals surface area contributed by atoms with E-state index in [2.05, 4.69) is 0 Å². The molecule has 4 nitrogen and oxygen atoms in total. The summed E-state index contributed by atoms with van der Waals surface area (Å²) in [4.78, 5) is 24.3. The van der Waals surface area contributed by atoms with Crippen LogP contribution in [0.4, 0.5) is 4.79 Å². The number of rotatable bonds is 1. The van der Waals surface area contributed by atoms with Gasteiger partial charge in [0.1, 0.15) is 6.04 Å². The Morgan fingerprint density at radius 1 is 1.23 bits per heavy atom. The van der Waals surface area contributed by atoms with Gasteiger partial charge in [0.2, 0.25) is 0 Å². The van der Waals surface area contributed by atoms with Crippen LogP contribution >= 0.6 is 10.2 Å². The van der Waals surface area contributed by atoms with Crippen molar-refractivity contribution in [2.45, 2.75) is 13.0 Å². The van der Waals surface area contributed by atoms with Gasteiger partial charge in [-0.3, -0.25) is 14.0 Å². The topological polar surface area (TPSA) is 40.6 Å². The first-order chi connectivity index (χ1) is 5.76. The first-order valence-electron chi connectivity index (χ1n) is 4.06. The fraction of sp³-hybridized carbons (Fsp3) is 0.750. The third kappa shape index (κ3) is 1.52. The second-order valence-electron chi connectivity index (χ2n) is 3.95. The molecule has 1 saturated heterocycles. The molecule has 0 aromatic rings. The molecule has 0 spiro atoms. The minimum atomic E-state index is -1.15. The van der Waals surface area contributed by atoms with Crippen molar-refractivity contribution in [3.8, 4) is 0 Å². The summed E-state index contributed by atoms with van der Waals surface area (Å²) in [5.41, 5.74) is 0. The van der Waals surface area contributed by atoms with Crippen molar-refractivity contribution in [3.05, 3.63) is 0 Å². The molecule has 1 rings (SSSR count). The molecular formula is C8H16N2O2S. The summed E-state index contributed by atoms with van der Waals surface area (Å²) in [6.45, 7) is 1.78. The maximum absolute atomic E-state index is 11.6. The lowest BCUT2D eigenvalue weighted by Crippen LogP contribution is -2.34. The lowest BCUT2D eigenvalue weighted by molar-refractivity contribution is -0.126. The Hall–Kier alpha value is -0.710. The van der Waals surface area contributed by atoms with Crippen molar-refractivity contribution >= 4 is 22.2 Å². The summed E-state index contributed by atoms with van der Waals surface area (Å²) in [5.74, 6) is -0.104. The molecule has 0 aromatic carbocycles. The molecule has 1 heterocycles. The summed E-state index contributed by atoms with van der Waals surface area (Å²) in [6, 6.07) is -0.465. The van der Waals surface area contributed by atoms with Gasteiger partial charge in [-0.25, -0.2) is 4.79 Å². The second-order valence-corrected chi connectivity index (χ2v) is 7.89. The summed E-state index contributed by atoms with van der Waals surface area (Å²) >= 11 is 0. The number of nitrogens with zero attached hydrogens (tertiary/aromatic N) is 2. The highest BCUT2D eigenvalue weighted by molar-refractivity contribution is 8.30. The smallest absolute Gasteiger partial charge is 0.275 e. The van der Waals surface area contributed by atoms with Crippen LogP contribution in [0, 0.1) is 0 Å². The number of carbonyl (C=O) groups is 2. The SMILES string of the molecule is CC1C(=O)N(C)C(=O)N1S(C)(C)C. The maximum atomic E-state index is 11.6. The maximum Gasteiger partial charge on any atom is 0.335 e. The van der Waals surface area contributed by atoms with Gasteiger partial charge in [-0.1, -0.05) is 0 Å². The van der Waals surface area contributed by atoms with Gasteiger partial charge in [0.05, 0.1) is 0 Å². The quantitative estimate of drug-likeness (QED) is 0.595. The number of hydrogen-bond donors (Lipinski definition) is 0. The van der Waals surface area contributed by atoms with Crippen LogP contribution in [0.3, 0.4) is 0 Å². The molecule has 1 aliphatic rings. The summed E-state index contributed by atoms with van der Waals surface area (Å²) in [7, 11) is 0.389. The normalized spacial score (nSPS) is 25.8. The molecule has 0 N–H and O–H groups in total. The predicted molar refractivity (Wildman–Crippen MR) is 54.8 cm³/mol. The number of likely N-dealkylation sites (N-methyl/N-ethyl adjacent to an activating group) is 1. The van der Waals surface area contributed by atoms with Crippen molar-refractivity contribution < 1.29 is 9.59 Å². The third-order valence-electron chi connectivity index (χ3n) is 2.11. The molecule has 13 heavy (non-hydrogen) atoms. The Morgan fingerprint density at radius 3 is 1.85 bits per heavy atom. The average molecular weight is 204 g/mol. The van der Waals surface area contributed by atoms with E-state index in [0.717, 1.165) is 0 Å². The van der Waals surface area contributed by atoms with Crippen LogP contribution in [0.25, 0.3) is 0 Å². The van der Waals surface area contributed by atoms with Crippen LogP contribution in [0.1, 0.15) is 6.92 Å². The molecule has 1 fully saturated rings. The minimum absolute atomic E-state index is 0.104. The Balaban J connectivity index is 3.01. The van der Waals surface area contributed by atoms with Gasteiger partial charge in [0.25, 0.3) is 5.91 Å². The molecule has 0 bridgehead atoms. The van der Waals surface area contributed by atoms with Crippen LogP contribution in [0.5, 0.6) is 0 Å². The summed E-state index contributed by atoms with van der Waals surface area (Å²) in [6.07, 6.45) is 6.02. The van der Waals surface area contributed by atoms with E-state index in [-0.39, 0.29) is 18.0 Å². The lowest BCUT2D eigenvalue weighted by atomic mass is 10.3. The number of urea groups is 1. The molecule has 1 atom stereocenters. The van der Waals surface area contributed by atoms with E-state index in [0.29, 0.717) is 0 Å². The van der Waals surface area contributed by atoms with Gasteiger partial charge in [0, 0.05) is 7.05 Å². The highest BCUT2D eigenvalue weighted by atomic mass is 32.3. The predicted octanol–water partition coefficient (Wildman–Crippen LogP) is 0.878. The molecule has 5 heteroatoms. The van der Waals surface area contributed by atoms with Crippen molar-refractivity contribution in [1.29, 1.82) is 0 Å². The standard InChI is InChI=1S/C8H16N2O2S/c1-6-7(11)9(2)8(12)10(6)13(3,4)5/h6H,1-5H3. The van der Waals surface area contributed by atoms with Gasteiger partial charge in [-0.15, -0.1) is 0 Å². The van der Waals surface area contributed by atoms with Crippen molar-refractivity contribution in [2.75, 3.05) is 25.8 Å². The van der Waals surface area contributed by atoms with E-state index in [4.69, 9.17) is 0 Å². The first kappa shape index (κ1) is 10.4. The van der Waals surface area contributed by atoms with Crippen LogP contribution in [-0.2, 0) is 4.79 Å². The fourth-order valence-electron chi connectivity index (χ4n) is 1.50. The van der Waals surface area contributed by atoms with Gasteiger partial charge in [0.15, 0.2) is 0 Å². The van der Waals surface area contributed by atoms with E-state index < -0.39 is 10.2 Å². The lowest BCUT2D eigenvalue weighted by Gasteiger charge is -2.38.